The van der Waals surface area contributed by atoms with Crippen molar-refractivity contribution in [3.63, 3.8) is 0 Å². The van der Waals surface area contributed by atoms with Crippen molar-refractivity contribution in [2.24, 2.45) is 0 Å². The molecule has 0 spiro atoms. The Morgan fingerprint density at radius 2 is 1.61 bits per heavy atom. The number of hydrogen-bond donors (Lipinski definition) is 2. The number of anilines is 1. The predicted molar refractivity (Wildman–Crippen MR) is 117 cm³/mol. The quantitative estimate of drug-likeness (QED) is 0.434. The Kier molecular flexibility index (Phi) is 6.18. The lowest BCUT2D eigenvalue weighted by Crippen LogP contribution is -2.24. The van der Waals surface area contributed by atoms with E-state index in [9.17, 15) is 4.79 Å². The van der Waals surface area contributed by atoms with Crippen LogP contribution in [0.1, 0.15) is 21.6 Å². The number of rotatable bonds is 8. The van der Waals surface area contributed by atoms with Crippen molar-refractivity contribution in [2.45, 2.75) is 13.1 Å². The molecule has 0 saturated heterocycles. The van der Waals surface area contributed by atoms with E-state index >= 15 is 0 Å². The zero-order valence-electron chi connectivity index (χ0n) is 17.0. The molecule has 4 rings (SSSR count). The molecule has 0 atom stereocenters. The third kappa shape index (κ3) is 4.86. The van der Waals surface area contributed by atoms with Crippen molar-refractivity contribution in [3.8, 4) is 11.8 Å². The van der Waals surface area contributed by atoms with Crippen LogP contribution in [0.15, 0.2) is 48.1 Å². The van der Waals surface area contributed by atoms with Crippen molar-refractivity contribution in [1.82, 2.24) is 25.3 Å². The summed E-state index contributed by atoms with van der Waals surface area (Å²) in [4.78, 5) is 30.1. The molecule has 2 N–H and O–H groups in total. The summed E-state index contributed by atoms with van der Waals surface area (Å²) >= 11 is 1.43. The lowest BCUT2D eigenvalue weighted by Gasteiger charge is -2.09. The molecule has 10 heteroatoms. The molecule has 0 radical (unpaired) electrons. The first kappa shape index (κ1) is 20.5. The summed E-state index contributed by atoms with van der Waals surface area (Å²) in [6.45, 7) is 0.790. The van der Waals surface area contributed by atoms with E-state index < -0.39 is 0 Å². The molecular weight excluding hydrogens is 416 g/mol. The molecular formula is C21H20N6O3S. The molecule has 0 aliphatic heterocycles. The molecule has 0 aliphatic carbocycles. The summed E-state index contributed by atoms with van der Waals surface area (Å²) in [5.74, 6) is 1.16. The highest BCUT2D eigenvalue weighted by Crippen LogP contribution is 2.24. The number of carbonyl (C=O) groups is 1. The molecule has 158 valence electrons. The Labute approximate surface area is 182 Å². The van der Waals surface area contributed by atoms with Crippen LogP contribution in [0.3, 0.4) is 0 Å². The maximum absolute atomic E-state index is 12.9. The number of methoxy groups -OCH3 is 2. The summed E-state index contributed by atoms with van der Waals surface area (Å²) in [6, 6.07) is 9.15. The minimum Gasteiger partial charge on any atom is -0.481 e. The number of aromatic nitrogens is 4. The van der Waals surface area contributed by atoms with Gasteiger partial charge in [-0.05, 0) is 22.6 Å². The topological polar surface area (TPSA) is 111 Å². The van der Waals surface area contributed by atoms with Gasteiger partial charge in [-0.25, -0.2) is 19.9 Å². The van der Waals surface area contributed by atoms with Crippen molar-refractivity contribution in [1.29, 1.82) is 0 Å². The van der Waals surface area contributed by atoms with E-state index in [-0.39, 0.29) is 5.91 Å². The first-order chi connectivity index (χ1) is 15.2. The predicted octanol–water partition coefficient (Wildman–Crippen LogP) is 3.04. The molecule has 4 heterocycles. The first-order valence-corrected chi connectivity index (χ1v) is 10.3. The van der Waals surface area contributed by atoms with E-state index in [0.717, 1.165) is 15.8 Å². The normalized spacial score (nSPS) is 10.6. The van der Waals surface area contributed by atoms with Crippen LogP contribution in [0, 0.1) is 0 Å². The van der Waals surface area contributed by atoms with Gasteiger partial charge in [0.15, 0.2) is 5.69 Å². The van der Waals surface area contributed by atoms with Gasteiger partial charge in [0.1, 0.15) is 0 Å². The Morgan fingerprint density at radius 3 is 2.23 bits per heavy atom. The van der Waals surface area contributed by atoms with Crippen LogP contribution in [0.2, 0.25) is 0 Å². The van der Waals surface area contributed by atoms with Crippen LogP contribution < -0.4 is 20.1 Å². The average Bonchev–Trinajstić information content (AvgIpc) is 3.30. The van der Waals surface area contributed by atoms with Gasteiger partial charge in [0.05, 0.1) is 24.4 Å². The number of thiophene rings is 1. The third-order valence-corrected chi connectivity index (χ3v) is 5.35. The Balaban J connectivity index is 1.48. The van der Waals surface area contributed by atoms with Crippen molar-refractivity contribution < 1.29 is 14.3 Å². The second-order valence-corrected chi connectivity index (χ2v) is 7.40. The molecule has 4 aromatic rings. The smallest absolute Gasteiger partial charge is 0.271 e. The van der Waals surface area contributed by atoms with Crippen LogP contribution in [0.5, 0.6) is 11.8 Å². The molecule has 31 heavy (non-hydrogen) atoms. The first-order valence-electron chi connectivity index (χ1n) is 9.41. The molecule has 0 saturated carbocycles. The van der Waals surface area contributed by atoms with Crippen LogP contribution in [0.4, 0.5) is 5.95 Å². The average molecular weight is 436 g/mol. The fourth-order valence-corrected chi connectivity index (χ4v) is 3.63. The fraction of sp³-hybridized carbons (Fsp3) is 0.190. The van der Waals surface area contributed by atoms with E-state index in [1.54, 1.807) is 38.7 Å². The van der Waals surface area contributed by atoms with Crippen molar-refractivity contribution in [2.75, 3.05) is 19.5 Å². The monoisotopic (exact) mass is 436 g/mol. The van der Waals surface area contributed by atoms with Gasteiger partial charge in [0, 0.05) is 37.6 Å². The number of hydrogen-bond acceptors (Lipinski definition) is 9. The van der Waals surface area contributed by atoms with E-state index in [0.29, 0.717) is 42.0 Å². The Bertz CT molecular complexity index is 1180. The van der Waals surface area contributed by atoms with E-state index in [2.05, 4.69) is 30.6 Å². The van der Waals surface area contributed by atoms with Gasteiger partial charge in [0.25, 0.3) is 5.91 Å². The fourth-order valence-electron chi connectivity index (χ4n) is 2.82. The highest BCUT2D eigenvalue weighted by Gasteiger charge is 2.16. The molecule has 0 aliphatic rings. The van der Waals surface area contributed by atoms with Gasteiger partial charge < -0.3 is 20.1 Å². The second-order valence-electron chi connectivity index (χ2n) is 6.48. The van der Waals surface area contributed by atoms with Crippen LogP contribution in [-0.4, -0.2) is 40.1 Å². The molecule has 1 amide bonds. The highest BCUT2D eigenvalue weighted by molar-refractivity contribution is 7.17. The summed E-state index contributed by atoms with van der Waals surface area (Å²) in [5.41, 5.74) is 2.84. The number of fused-ring (bicyclic) bond motifs is 1. The molecule has 9 nitrogen and oxygen atoms in total. The van der Waals surface area contributed by atoms with Crippen molar-refractivity contribution in [3.05, 3.63) is 64.9 Å². The number of amides is 1. The minimum absolute atomic E-state index is 0.278. The van der Waals surface area contributed by atoms with Crippen LogP contribution in [0.25, 0.3) is 10.2 Å². The lowest BCUT2D eigenvalue weighted by atomic mass is 10.2. The third-order valence-electron chi connectivity index (χ3n) is 4.44. The molecule has 0 bridgehead atoms. The largest absolute Gasteiger partial charge is 0.481 e. The van der Waals surface area contributed by atoms with Gasteiger partial charge >= 0.3 is 0 Å². The number of carbonyl (C=O) groups excluding carboxylic acids is 1. The molecule has 0 unspecified atom stereocenters. The van der Waals surface area contributed by atoms with Gasteiger partial charge in [-0.15, -0.1) is 11.3 Å². The number of ether oxygens (including phenoxy) is 2. The van der Waals surface area contributed by atoms with Gasteiger partial charge in [0.2, 0.25) is 17.7 Å². The number of nitrogens with zero attached hydrogens (tertiary/aromatic N) is 4. The summed E-state index contributed by atoms with van der Waals surface area (Å²) in [5, 5.41) is 7.94. The molecule has 0 fully saturated rings. The van der Waals surface area contributed by atoms with Crippen LogP contribution >= 0.6 is 11.3 Å². The standard InChI is InChI=1S/C21H20N6O3S/c1-29-16-5-3-13(9-22-16)11-24-20(28)18-19-15(7-8-31-19)26-21(27-18)25-12-14-4-6-17(30-2)23-10-14/h3-10H,11-12H2,1-2H3,(H,24,28)(H,25,26,27). The molecule has 4 aromatic heterocycles. The van der Waals surface area contributed by atoms with Crippen LogP contribution in [-0.2, 0) is 13.1 Å². The van der Waals surface area contributed by atoms with Gasteiger partial charge in [-0.2, -0.15) is 0 Å². The summed E-state index contributed by atoms with van der Waals surface area (Å²) in [7, 11) is 3.13. The van der Waals surface area contributed by atoms with E-state index in [1.165, 1.54) is 11.3 Å². The maximum atomic E-state index is 12.9. The Morgan fingerprint density at radius 1 is 0.935 bits per heavy atom. The summed E-state index contributed by atoms with van der Waals surface area (Å²) < 4.78 is 10.9. The SMILES string of the molecule is COc1ccc(CNC(=O)c2nc(NCc3ccc(OC)nc3)nc3ccsc23)cn1. The minimum atomic E-state index is -0.278. The highest BCUT2D eigenvalue weighted by atomic mass is 32.1. The maximum Gasteiger partial charge on any atom is 0.271 e. The van der Waals surface area contributed by atoms with Crippen molar-refractivity contribution >= 4 is 33.4 Å². The zero-order valence-corrected chi connectivity index (χ0v) is 17.8. The Hall–Kier alpha value is -3.79. The van der Waals surface area contributed by atoms with E-state index in [1.807, 2.05) is 23.6 Å². The summed E-state index contributed by atoms with van der Waals surface area (Å²) in [6.07, 6.45) is 3.38. The zero-order chi connectivity index (χ0) is 21.6. The van der Waals surface area contributed by atoms with E-state index in [4.69, 9.17) is 9.47 Å². The van der Waals surface area contributed by atoms with Gasteiger partial charge in [-0.1, -0.05) is 12.1 Å². The van der Waals surface area contributed by atoms with Gasteiger partial charge in [-0.3, -0.25) is 4.79 Å². The lowest BCUT2D eigenvalue weighted by molar-refractivity contribution is 0.0948. The number of pyridine rings is 2. The second kappa shape index (κ2) is 9.35. The number of nitrogens with one attached hydrogen (secondary N) is 2. The molecule has 0 aromatic carbocycles.